The molecule has 0 aliphatic carbocycles. The Morgan fingerprint density at radius 1 is 1.63 bits per heavy atom. The van der Waals surface area contributed by atoms with E-state index < -0.39 is 5.54 Å². The van der Waals surface area contributed by atoms with Gasteiger partial charge in [-0.05, 0) is 33.6 Å². The van der Waals surface area contributed by atoms with Gasteiger partial charge in [-0.25, -0.2) is 0 Å². The van der Waals surface area contributed by atoms with E-state index in [9.17, 15) is 4.79 Å². The molecule has 1 heterocycles. The highest BCUT2D eigenvalue weighted by atomic mass is 35.5. The number of hydrogen-bond donors (Lipinski definition) is 1. The summed E-state index contributed by atoms with van der Waals surface area (Å²) < 4.78 is 6.65. The summed E-state index contributed by atoms with van der Waals surface area (Å²) in [6.07, 6.45) is 4.86. The first-order valence-corrected chi connectivity index (χ1v) is 6.79. The fraction of sp³-hybridized carbons (Fsp3) is 0.692. The third-order valence-corrected chi connectivity index (χ3v) is 3.10. The molecule has 1 aromatic rings. The minimum Gasteiger partial charge on any atom is -0.468 e. The lowest BCUT2D eigenvalue weighted by molar-refractivity contribution is -0.148. The molecular formula is C13H22ClN3O2. The number of methoxy groups -OCH3 is 1. The minimum absolute atomic E-state index is 0.211. The maximum absolute atomic E-state index is 11.9. The zero-order valence-corrected chi connectivity index (χ0v) is 12.7. The maximum atomic E-state index is 11.9. The van der Waals surface area contributed by atoms with E-state index in [0.717, 1.165) is 13.0 Å². The maximum Gasteiger partial charge on any atom is 0.325 e. The van der Waals surface area contributed by atoms with E-state index in [1.54, 1.807) is 17.1 Å². The fourth-order valence-electron chi connectivity index (χ4n) is 2.15. The number of esters is 1. The van der Waals surface area contributed by atoms with Gasteiger partial charge in [-0.3, -0.25) is 14.8 Å². The lowest BCUT2D eigenvalue weighted by Gasteiger charge is -2.30. The molecule has 0 fully saturated rings. The molecule has 1 aromatic heterocycles. The zero-order chi connectivity index (χ0) is 14.5. The van der Waals surface area contributed by atoms with Crippen LogP contribution in [0.3, 0.4) is 0 Å². The third-order valence-electron chi connectivity index (χ3n) is 2.91. The summed E-state index contributed by atoms with van der Waals surface area (Å²) in [6, 6.07) is 0.211. The molecule has 0 aliphatic heterocycles. The molecule has 0 bridgehead atoms. The molecule has 0 saturated heterocycles. The number of halogens is 1. The fourth-order valence-corrected chi connectivity index (χ4v) is 2.31. The predicted octanol–water partition coefficient (Wildman–Crippen LogP) is 2.25. The zero-order valence-electron chi connectivity index (χ0n) is 11.9. The van der Waals surface area contributed by atoms with Crippen LogP contribution in [0.15, 0.2) is 12.4 Å². The van der Waals surface area contributed by atoms with Gasteiger partial charge in [0.05, 0.1) is 18.3 Å². The van der Waals surface area contributed by atoms with Gasteiger partial charge in [-0.2, -0.15) is 5.10 Å². The molecule has 19 heavy (non-hydrogen) atoms. The second-order valence-corrected chi connectivity index (χ2v) is 5.58. The summed E-state index contributed by atoms with van der Waals surface area (Å²) in [7, 11) is 1.41. The van der Waals surface area contributed by atoms with Crippen LogP contribution in [0, 0.1) is 0 Å². The SMILES string of the molecule is COC(=O)C(C)(CCCn1cc(Cl)cn1)NC(C)C. The number of ether oxygens (including phenoxy) is 1. The average Bonchev–Trinajstić information content (AvgIpc) is 2.73. The van der Waals surface area contributed by atoms with Crippen LogP contribution in [-0.2, 0) is 16.1 Å². The second kappa shape index (κ2) is 6.91. The lowest BCUT2D eigenvalue weighted by atomic mass is 9.95. The van der Waals surface area contributed by atoms with Crippen molar-refractivity contribution in [2.45, 2.75) is 51.7 Å². The quantitative estimate of drug-likeness (QED) is 0.782. The van der Waals surface area contributed by atoms with Gasteiger partial charge in [0.25, 0.3) is 0 Å². The largest absolute Gasteiger partial charge is 0.468 e. The van der Waals surface area contributed by atoms with Crippen LogP contribution in [0.5, 0.6) is 0 Å². The highest BCUT2D eigenvalue weighted by Gasteiger charge is 2.34. The van der Waals surface area contributed by atoms with E-state index in [-0.39, 0.29) is 12.0 Å². The van der Waals surface area contributed by atoms with Gasteiger partial charge >= 0.3 is 5.97 Å². The molecule has 6 heteroatoms. The molecule has 1 atom stereocenters. The van der Waals surface area contributed by atoms with Crippen molar-refractivity contribution in [1.82, 2.24) is 15.1 Å². The van der Waals surface area contributed by atoms with E-state index in [1.165, 1.54) is 7.11 Å². The summed E-state index contributed by atoms with van der Waals surface area (Å²) in [4.78, 5) is 11.9. The van der Waals surface area contributed by atoms with Crippen LogP contribution in [0.4, 0.5) is 0 Å². The number of aromatic nitrogens is 2. The average molecular weight is 288 g/mol. The van der Waals surface area contributed by atoms with Crippen molar-refractivity contribution in [1.29, 1.82) is 0 Å². The van der Waals surface area contributed by atoms with Gasteiger partial charge in [-0.15, -0.1) is 0 Å². The molecule has 0 radical (unpaired) electrons. The van der Waals surface area contributed by atoms with Crippen molar-refractivity contribution >= 4 is 17.6 Å². The molecule has 1 rings (SSSR count). The first kappa shape index (κ1) is 16.0. The molecule has 108 valence electrons. The predicted molar refractivity (Wildman–Crippen MR) is 75.2 cm³/mol. The molecule has 1 N–H and O–H groups in total. The Kier molecular flexibility index (Phi) is 5.82. The number of carbonyl (C=O) groups excluding carboxylic acids is 1. The van der Waals surface area contributed by atoms with Crippen LogP contribution in [0.2, 0.25) is 5.02 Å². The number of nitrogens with one attached hydrogen (secondary N) is 1. The molecule has 0 saturated carbocycles. The molecular weight excluding hydrogens is 266 g/mol. The second-order valence-electron chi connectivity index (χ2n) is 5.15. The number of hydrogen-bond acceptors (Lipinski definition) is 4. The molecule has 0 amide bonds. The van der Waals surface area contributed by atoms with Crippen molar-refractivity contribution in [3.8, 4) is 0 Å². The monoisotopic (exact) mass is 287 g/mol. The van der Waals surface area contributed by atoms with Crippen LogP contribution in [0.1, 0.15) is 33.6 Å². The highest BCUT2D eigenvalue weighted by molar-refractivity contribution is 6.30. The van der Waals surface area contributed by atoms with E-state index in [1.807, 2.05) is 20.8 Å². The first-order valence-electron chi connectivity index (χ1n) is 6.41. The summed E-state index contributed by atoms with van der Waals surface area (Å²) in [5.41, 5.74) is -0.667. The molecule has 1 unspecified atom stereocenters. The normalized spacial score (nSPS) is 14.4. The standard InChI is InChI=1S/C13H22ClN3O2/c1-10(2)16-13(3,12(18)19-4)6-5-7-17-9-11(14)8-15-17/h8-10,16H,5-7H2,1-4H3. The Hall–Kier alpha value is -1.07. The van der Waals surface area contributed by atoms with E-state index in [2.05, 4.69) is 10.4 Å². The number of nitrogens with zero attached hydrogens (tertiary/aromatic N) is 2. The Morgan fingerprint density at radius 3 is 2.79 bits per heavy atom. The Bertz CT molecular complexity index is 420. The Balaban J connectivity index is 2.55. The number of aryl methyl sites for hydroxylation is 1. The van der Waals surface area contributed by atoms with Crippen molar-refractivity contribution in [2.24, 2.45) is 0 Å². The number of carbonyl (C=O) groups is 1. The molecule has 0 spiro atoms. The van der Waals surface area contributed by atoms with Crippen molar-refractivity contribution in [2.75, 3.05) is 7.11 Å². The Morgan fingerprint density at radius 2 is 2.32 bits per heavy atom. The van der Waals surface area contributed by atoms with Crippen LogP contribution in [0.25, 0.3) is 0 Å². The topological polar surface area (TPSA) is 56.2 Å². The lowest BCUT2D eigenvalue weighted by Crippen LogP contribution is -2.53. The third kappa shape index (κ3) is 4.84. The van der Waals surface area contributed by atoms with Crippen molar-refractivity contribution in [3.63, 3.8) is 0 Å². The van der Waals surface area contributed by atoms with Crippen LogP contribution < -0.4 is 5.32 Å². The first-order chi connectivity index (χ1) is 8.87. The van der Waals surface area contributed by atoms with E-state index in [0.29, 0.717) is 11.4 Å². The minimum atomic E-state index is -0.667. The smallest absolute Gasteiger partial charge is 0.325 e. The van der Waals surface area contributed by atoms with Crippen LogP contribution in [-0.4, -0.2) is 34.4 Å². The van der Waals surface area contributed by atoms with E-state index >= 15 is 0 Å². The van der Waals surface area contributed by atoms with Crippen molar-refractivity contribution in [3.05, 3.63) is 17.4 Å². The van der Waals surface area contributed by atoms with Gasteiger partial charge in [-0.1, -0.05) is 11.6 Å². The summed E-state index contributed by atoms with van der Waals surface area (Å²) in [5.74, 6) is -0.236. The van der Waals surface area contributed by atoms with Crippen molar-refractivity contribution < 1.29 is 9.53 Å². The summed E-state index contributed by atoms with van der Waals surface area (Å²) in [5, 5.41) is 8.00. The van der Waals surface area contributed by atoms with Gasteiger partial charge in [0.15, 0.2) is 0 Å². The molecule has 0 aromatic carbocycles. The van der Waals surface area contributed by atoms with Gasteiger partial charge in [0.1, 0.15) is 5.54 Å². The Labute approximate surface area is 119 Å². The van der Waals surface area contributed by atoms with E-state index in [4.69, 9.17) is 16.3 Å². The summed E-state index contributed by atoms with van der Waals surface area (Å²) in [6.45, 7) is 6.61. The van der Waals surface area contributed by atoms with Gasteiger partial charge in [0, 0.05) is 18.8 Å². The van der Waals surface area contributed by atoms with Gasteiger partial charge in [0.2, 0.25) is 0 Å². The van der Waals surface area contributed by atoms with Crippen LogP contribution >= 0.6 is 11.6 Å². The van der Waals surface area contributed by atoms with Gasteiger partial charge < -0.3 is 4.74 Å². The molecule has 0 aliphatic rings. The highest BCUT2D eigenvalue weighted by Crippen LogP contribution is 2.16. The number of rotatable bonds is 7. The summed E-state index contributed by atoms with van der Waals surface area (Å²) >= 11 is 5.80. The molecule has 5 nitrogen and oxygen atoms in total.